The molecule has 0 saturated heterocycles. The number of unbranched alkanes of at least 4 members (excludes halogenated alkanes) is 15. The van der Waals surface area contributed by atoms with E-state index >= 15 is 0 Å². The van der Waals surface area contributed by atoms with Gasteiger partial charge in [-0.3, -0.25) is 0 Å². The van der Waals surface area contributed by atoms with Crippen LogP contribution in [0.4, 0.5) is 0 Å². The van der Waals surface area contributed by atoms with Gasteiger partial charge >= 0.3 is 6.72 Å². The number of nitrogens with zero attached hydrogens (tertiary/aromatic N) is 1. The zero-order chi connectivity index (χ0) is 34.0. The third-order valence-corrected chi connectivity index (χ3v) is 6.02. The van der Waals surface area contributed by atoms with Gasteiger partial charge in [0.2, 0.25) is 0 Å². The van der Waals surface area contributed by atoms with Gasteiger partial charge in [-0.15, -0.1) is 0 Å². The van der Waals surface area contributed by atoms with E-state index in [2.05, 4.69) is 51.7 Å². The van der Waals surface area contributed by atoms with Crippen LogP contribution in [0.3, 0.4) is 0 Å². The molecule has 0 aliphatic rings. The summed E-state index contributed by atoms with van der Waals surface area (Å²) in [6.45, 7) is -4.23. The first-order chi connectivity index (χ1) is 20.6. The summed E-state index contributed by atoms with van der Waals surface area (Å²) < 4.78 is 1.12. The number of benzene rings is 2. The highest BCUT2D eigenvalue weighted by Crippen LogP contribution is 2.26. The molecule has 0 amide bonds. The van der Waals surface area contributed by atoms with Crippen LogP contribution in [0.15, 0.2) is 72.8 Å². The maximum Gasteiger partial charge on any atom is 0.319 e. The maximum absolute atomic E-state index is 9.14. The van der Waals surface area contributed by atoms with Crippen molar-refractivity contribution < 1.29 is 33.8 Å². The highest BCUT2D eigenvalue weighted by molar-refractivity contribution is 8.06. The second kappa shape index (κ2) is 33.8. The third-order valence-electron chi connectivity index (χ3n) is 6.02. The molecule has 0 spiro atoms. The molecular formula is C33H63NO6P2S2. The second-order valence-corrected chi connectivity index (χ2v) is 16.5. The molecule has 0 aromatic heterocycles. The van der Waals surface area contributed by atoms with E-state index in [1.54, 1.807) is 0 Å². The Hall–Kier alpha value is -0.540. The summed E-state index contributed by atoms with van der Waals surface area (Å²) in [6, 6.07) is 24.0. The van der Waals surface area contributed by atoms with Crippen LogP contribution in [0.2, 0.25) is 0 Å². The summed E-state index contributed by atoms with van der Waals surface area (Å²) in [6.07, 6.45) is 23.4. The first kappa shape index (κ1) is 47.9. The van der Waals surface area contributed by atoms with E-state index in [1.165, 1.54) is 109 Å². The van der Waals surface area contributed by atoms with Crippen molar-refractivity contribution in [3.05, 3.63) is 72.8 Å². The van der Waals surface area contributed by atoms with E-state index in [9.17, 15) is 0 Å². The largest absolute Gasteiger partial charge is 0.780 e. The van der Waals surface area contributed by atoms with E-state index in [4.69, 9.17) is 29.4 Å². The van der Waals surface area contributed by atoms with Crippen LogP contribution in [-0.4, -0.2) is 56.6 Å². The Labute approximate surface area is 280 Å². The Bertz CT molecular complexity index is 773. The first-order valence-electron chi connectivity index (χ1n) is 15.9. The minimum absolute atomic E-state index is 1.12. The quantitative estimate of drug-likeness (QED) is 0.0640. The maximum atomic E-state index is 9.14. The normalized spacial score (nSPS) is 10.9. The molecular weight excluding hydrogens is 632 g/mol. The van der Waals surface area contributed by atoms with Gasteiger partial charge in [-0.05, 0) is 24.6 Å². The molecule has 2 aromatic rings. The number of hydrogen-bond donors (Lipinski definition) is 5. The minimum atomic E-state index is -4.06. The van der Waals surface area contributed by atoms with E-state index in [1.807, 2.05) is 72.8 Å². The van der Waals surface area contributed by atoms with Gasteiger partial charge in [0, 0.05) is 0 Å². The van der Waals surface area contributed by atoms with Crippen molar-refractivity contribution in [1.29, 1.82) is 0 Å². The Morgan fingerprint density at radius 2 is 0.614 bits per heavy atom. The fourth-order valence-corrected chi connectivity index (χ4v) is 3.90. The van der Waals surface area contributed by atoms with Gasteiger partial charge < -0.3 is 33.8 Å². The predicted octanol–water partition coefficient (Wildman–Crippen LogP) is 8.07. The molecule has 7 nitrogen and oxygen atoms in total. The van der Waals surface area contributed by atoms with E-state index in [-0.39, 0.29) is 0 Å². The number of hydrogen-bond acceptors (Lipinski definition) is 3. The van der Waals surface area contributed by atoms with Gasteiger partial charge in [-0.2, -0.15) is 0 Å². The molecule has 258 valence electrons. The van der Waals surface area contributed by atoms with Crippen molar-refractivity contribution in [1.82, 2.24) is 0 Å². The van der Waals surface area contributed by atoms with E-state index in [0.29, 0.717) is 0 Å². The molecule has 2 aromatic carbocycles. The Morgan fingerprint density at radius 1 is 0.455 bits per heavy atom. The lowest BCUT2D eigenvalue weighted by Gasteiger charge is -2.23. The highest BCUT2D eigenvalue weighted by atomic mass is 32.5. The van der Waals surface area contributed by atoms with Gasteiger partial charge in [0.15, 0.2) is 0 Å². The van der Waals surface area contributed by atoms with Gasteiger partial charge in [0.25, 0.3) is 0 Å². The fraction of sp³-hybridized carbons (Fsp3) is 0.636. The van der Waals surface area contributed by atoms with Gasteiger partial charge in [-0.25, -0.2) is 0 Å². The molecule has 0 fully saturated rings. The van der Waals surface area contributed by atoms with Gasteiger partial charge in [-0.1, -0.05) is 181 Å². The third kappa shape index (κ3) is 73.2. The van der Waals surface area contributed by atoms with Crippen molar-refractivity contribution >= 4 is 37.1 Å². The standard InChI is InChI=1S/C21H46N.2C6H6.2H3O3PS/c1-5-6-7-8-9-10-11-12-13-14-15-16-17-18-19-20-21-22(2,3)4;2*1-2-4-6-5-3-1;2*1-4(2,3)5/h5-21H2,1-4H3;2*1-6H;2*(H3,1,2,3,5)/q+1;;;;/p-1. The molecule has 5 N–H and O–H groups in total. The van der Waals surface area contributed by atoms with Crippen molar-refractivity contribution in [2.45, 2.75) is 110 Å². The van der Waals surface area contributed by atoms with Crippen LogP contribution >= 0.6 is 13.4 Å². The Kier molecular flexibility index (Phi) is 36.8. The lowest BCUT2D eigenvalue weighted by Crippen LogP contribution is -2.35. The van der Waals surface area contributed by atoms with Crippen LogP contribution in [0.5, 0.6) is 0 Å². The molecule has 0 radical (unpaired) electrons. The van der Waals surface area contributed by atoms with Crippen LogP contribution in [0.1, 0.15) is 110 Å². The molecule has 0 heterocycles. The SMILES string of the molecule is CCCCCCCCCCCCCCCCCC[N+](C)(C)C.OP(O)(O)=S.[O-]P(O)(O)=S.c1ccccc1.c1ccccc1. The molecule has 11 heteroatoms. The van der Waals surface area contributed by atoms with Crippen molar-refractivity contribution in [2.75, 3.05) is 27.7 Å². The van der Waals surface area contributed by atoms with E-state index in [0.717, 1.165) is 4.48 Å². The fourth-order valence-electron chi connectivity index (χ4n) is 3.90. The van der Waals surface area contributed by atoms with Crippen LogP contribution in [0, 0.1) is 0 Å². The first-order valence-corrected chi connectivity index (χ1v) is 21.2. The zero-order valence-electron chi connectivity index (χ0n) is 27.8. The average Bonchev–Trinajstić information content (AvgIpc) is 2.93. The summed E-state index contributed by atoms with van der Waals surface area (Å²) in [5.74, 6) is 0. The monoisotopic (exact) mass is 695 g/mol. The summed E-state index contributed by atoms with van der Waals surface area (Å²) in [7, 11) is 6.89. The molecule has 2 rings (SSSR count). The number of rotatable bonds is 17. The van der Waals surface area contributed by atoms with Crippen molar-refractivity contribution in [3.8, 4) is 0 Å². The highest BCUT2D eigenvalue weighted by Gasteiger charge is 2.04. The lowest BCUT2D eigenvalue weighted by atomic mass is 10.0. The molecule has 0 bridgehead atoms. The molecule has 0 aliphatic heterocycles. The Morgan fingerprint density at radius 3 is 0.773 bits per heavy atom. The minimum Gasteiger partial charge on any atom is -0.780 e. The smallest absolute Gasteiger partial charge is 0.319 e. The summed E-state index contributed by atoms with van der Waals surface area (Å²) in [5, 5.41) is 0. The summed E-state index contributed by atoms with van der Waals surface area (Å²) in [4.78, 5) is 46.7. The zero-order valence-corrected chi connectivity index (χ0v) is 31.2. The second-order valence-electron chi connectivity index (χ2n) is 11.6. The van der Waals surface area contributed by atoms with Crippen molar-refractivity contribution in [3.63, 3.8) is 0 Å². The Balaban J connectivity index is -0.000000605. The average molecular weight is 696 g/mol. The predicted molar refractivity (Wildman–Crippen MR) is 195 cm³/mol. The lowest BCUT2D eigenvalue weighted by molar-refractivity contribution is -0.870. The molecule has 0 atom stereocenters. The van der Waals surface area contributed by atoms with E-state index < -0.39 is 13.4 Å². The van der Waals surface area contributed by atoms with Crippen molar-refractivity contribution in [2.24, 2.45) is 0 Å². The summed E-state index contributed by atoms with van der Waals surface area (Å²) in [5.41, 5.74) is 0. The van der Waals surface area contributed by atoms with Crippen LogP contribution in [0.25, 0.3) is 0 Å². The molecule has 0 aliphatic carbocycles. The molecule has 0 unspecified atom stereocenters. The van der Waals surface area contributed by atoms with Crippen LogP contribution < -0.4 is 4.89 Å². The summed E-state index contributed by atoms with van der Waals surface area (Å²) >= 11 is 7.10. The molecule has 44 heavy (non-hydrogen) atoms. The van der Waals surface area contributed by atoms with Crippen LogP contribution in [-0.2, 0) is 23.6 Å². The topological polar surface area (TPSA) is 124 Å². The number of quaternary nitrogens is 1. The van der Waals surface area contributed by atoms with Gasteiger partial charge in [0.1, 0.15) is 6.72 Å². The molecule has 0 saturated carbocycles. The van der Waals surface area contributed by atoms with Gasteiger partial charge in [0.05, 0.1) is 27.7 Å².